The largest absolute Gasteiger partial charge is 0.355 e. The van der Waals surface area contributed by atoms with Crippen LogP contribution in [0, 0.1) is 11.6 Å². The van der Waals surface area contributed by atoms with E-state index in [-0.39, 0.29) is 16.6 Å². The monoisotopic (exact) mass is 357 g/mol. The summed E-state index contributed by atoms with van der Waals surface area (Å²) in [6.07, 6.45) is 2.74. The van der Waals surface area contributed by atoms with Crippen LogP contribution < -0.4 is 22.0 Å². The van der Waals surface area contributed by atoms with Crippen molar-refractivity contribution in [1.29, 1.82) is 0 Å². The van der Waals surface area contributed by atoms with Gasteiger partial charge in [0.05, 0.1) is 6.54 Å². The molecule has 7 nitrogen and oxygen atoms in total. The summed E-state index contributed by atoms with van der Waals surface area (Å²) in [5.74, 6) is -2.21. The Morgan fingerprint density at radius 1 is 0.808 bits per heavy atom. The van der Waals surface area contributed by atoms with Gasteiger partial charge in [-0.15, -0.1) is 0 Å². The maximum absolute atomic E-state index is 13.4. The van der Waals surface area contributed by atoms with E-state index in [0.29, 0.717) is 4.57 Å². The Hall–Kier alpha value is -3.62. The summed E-state index contributed by atoms with van der Waals surface area (Å²) in [6, 6.07) is 2.91. The first kappa shape index (κ1) is 15.9. The fourth-order valence-corrected chi connectivity index (χ4v) is 2.96. The minimum atomic E-state index is -1.14. The van der Waals surface area contributed by atoms with E-state index in [1.807, 2.05) is 0 Å². The van der Waals surface area contributed by atoms with Crippen LogP contribution in [0.4, 0.5) is 8.78 Å². The fourth-order valence-electron chi connectivity index (χ4n) is 2.96. The minimum Gasteiger partial charge on any atom is -0.355 e. The molecular weight excluding hydrogens is 348 g/mol. The number of aromatic nitrogens is 3. The van der Waals surface area contributed by atoms with Crippen molar-refractivity contribution < 1.29 is 8.78 Å². The summed E-state index contributed by atoms with van der Waals surface area (Å²) >= 11 is 0. The maximum Gasteiger partial charge on any atom is 0.266 e. The normalized spacial score (nSPS) is 11.5. The zero-order valence-electron chi connectivity index (χ0n) is 12.9. The summed E-state index contributed by atoms with van der Waals surface area (Å²) in [6.45, 7) is -0.397. The Morgan fingerprint density at radius 2 is 1.35 bits per heavy atom. The molecule has 9 heteroatoms. The minimum absolute atomic E-state index is 0.118. The predicted molar refractivity (Wildman–Crippen MR) is 89.9 cm³/mol. The third-order valence-corrected chi connectivity index (χ3v) is 4.19. The first-order valence-corrected chi connectivity index (χ1v) is 7.46. The number of halogens is 2. The summed E-state index contributed by atoms with van der Waals surface area (Å²) in [5.41, 5.74) is -3.55. The molecule has 4 aromatic rings. The van der Waals surface area contributed by atoms with Crippen molar-refractivity contribution >= 4 is 21.8 Å². The molecule has 26 heavy (non-hydrogen) atoms. The van der Waals surface area contributed by atoms with Crippen molar-refractivity contribution in [3.8, 4) is 0 Å². The molecule has 0 aliphatic rings. The van der Waals surface area contributed by atoms with E-state index >= 15 is 0 Å². The quantitative estimate of drug-likeness (QED) is 0.550. The van der Waals surface area contributed by atoms with Crippen LogP contribution in [0.5, 0.6) is 0 Å². The highest BCUT2D eigenvalue weighted by Gasteiger charge is 2.22. The van der Waals surface area contributed by atoms with E-state index in [1.165, 1.54) is 18.5 Å². The van der Waals surface area contributed by atoms with Crippen LogP contribution in [0.1, 0.15) is 5.56 Å². The van der Waals surface area contributed by atoms with Gasteiger partial charge in [-0.25, -0.2) is 8.78 Å². The molecule has 0 atom stereocenters. The molecule has 0 saturated carbocycles. The maximum atomic E-state index is 13.4. The molecule has 0 bridgehead atoms. The Balaban J connectivity index is 2.06. The molecule has 4 rings (SSSR count). The highest BCUT2D eigenvalue weighted by molar-refractivity contribution is 5.93. The molecule has 2 aromatic heterocycles. The van der Waals surface area contributed by atoms with Gasteiger partial charge in [0.25, 0.3) is 11.1 Å². The fraction of sp³-hybridized carbons (Fsp3) is 0.0588. The van der Waals surface area contributed by atoms with E-state index < -0.39 is 50.9 Å². The summed E-state index contributed by atoms with van der Waals surface area (Å²) in [4.78, 5) is 55.3. The van der Waals surface area contributed by atoms with Gasteiger partial charge in [0.15, 0.2) is 11.6 Å². The first-order valence-electron chi connectivity index (χ1n) is 7.46. The molecule has 0 radical (unpaired) electrons. The van der Waals surface area contributed by atoms with Gasteiger partial charge >= 0.3 is 0 Å². The zero-order valence-corrected chi connectivity index (χ0v) is 12.9. The van der Waals surface area contributed by atoms with E-state index in [2.05, 4.69) is 9.97 Å². The number of aromatic amines is 2. The highest BCUT2D eigenvalue weighted by atomic mass is 19.2. The molecule has 0 aliphatic heterocycles. The Bertz CT molecular complexity index is 1340. The van der Waals surface area contributed by atoms with Gasteiger partial charge in [0.2, 0.25) is 10.9 Å². The number of hydrogen-bond donors (Lipinski definition) is 2. The molecular formula is C17H9F2N3O4. The van der Waals surface area contributed by atoms with Gasteiger partial charge < -0.3 is 9.97 Å². The molecule has 0 aliphatic carbocycles. The molecule has 0 fully saturated rings. The highest BCUT2D eigenvalue weighted by Crippen LogP contribution is 2.10. The topological polar surface area (TPSA) is 105 Å². The Morgan fingerprint density at radius 3 is 1.85 bits per heavy atom. The molecule has 2 heterocycles. The van der Waals surface area contributed by atoms with Gasteiger partial charge in [-0.2, -0.15) is 0 Å². The van der Waals surface area contributed by atoms with Gasteiger partial charge in [-0.1, -0.05) is 6.07 Å². The lowest BCUT2D eigenvalue weighted by atomic mass is 10.1. The molecule has 0 saturated heterocycles. The second-order valence-corrected chi connectivity index (χ2v) is 5.73. The van der Waals surface area contributed by atoms with Crippen molar-refractivity contribution in [2.75, 3.05) is 0 Å². The van der Waals surface area contributed by atoms with Gasteiger partial charge in [0, 0.05) is 12.4 Å². The van der Waals surface area contributed by atoms with Gasteiger partial charge in [0.1, 0.15) is 21.8 Å². The number of fused-ring (bicyclic) bond motifs is 2. The zero-order chi connectivity index (χ0) is 18.6. The van der Waals surface area contributed by atoms with Gasteiger partial charge in [-0.05, 0) is 17.7 Å². The molecule has 0 amide bonds. The van der Waals surface area contributed by atoms with Crippen molar-refractivity contribution in [2.45, 2.75) is 6.54 Å². The molecule has 0 unspecified atom stereocenters. The van der Waals surface area contributed by atoms with Crippen molar-refractivity contribution in [3.05, 3.63) is 88.9 Å². The average Bonchev–Trinajstić information content (AvgIpc) is 2.88. The van der Waals surface area contributed by atoms with E-state index in [9.17, 15) is 28.0 Å². The standard InChI is InChI=1S/C17H9F2N3O4/c18-8-2-1-7(5-9(8)19)6-22-16(25)10-11(17(22)26)15(24)13-12(14(10)23)20-3-4-21-13/h1-5,20-21H,6H2. The number of H-pyrrole nitrogens is 2. The Labute approximate surface area is 141 Å². The van der Waals surface area contributed by atoms with Crippen LogP contribution in [0.3, 0.4) is 0 Å². The van der Waals surface area contributed by atoms with Crippen LogP contribution in [0.15, 0.2) is 49.8 Å². The van der Waals surface area contributed by atoms with Crippen molar-refractivity contribution in [1.82, 2.24) is 14.5 Å². The number of nitrogens with zero attached hydrogens (tertiary/aromatic N) is 1. The lowest BCUT2D eigenvalue weighted by Crippen LogP contribution is -2.27. The SMILES string of the molecule is O=c1c2[nH]cc[nH]c2c(=O)c2c(=O)n(Cc3ccc(F)c(F)c3)c(=O)c12. The smallest absolute Gasteiger partial charge is 0.266 e. The van der Waals surface area contributed by atoms with Crippen molar-refractivity contribution in [2.24, 2.45) is 0 Å². The van der Waals surface area contributed by atoms with Gasteiger partial charge in [-0.3, -0.25) is 23.7 Å². The first-order chi connectivity index (χ1) is 12.4. The second-order valence-electron chi connectivity index (χ2n) is 5.73. The summed E-state index contributed by atoms with van der Waals surface area (Å²) in [7, 11) is 0. The van der Waals surface area contributed by atoms with Crippen LogP contribution >= 0.6 is 0 Å². The second kappa shape index (κ2) is 5.45. The van der Waals surface area contributed by atoms with E-state index in [4.69, 9.17) is 0 Å². The number of rotatable bonds is 2. The number of benzene rings is 2. The third-order valence-electron chi connectivity index (χ3n) is 4.19. The van der Waals surface area contributed by atoms with Crippen LogP contribution in [-0.4, -0.2) is 14.5 Å². The average molecular weight is 357 g/mol. The van der Waals surface area contributed by atoms with E-state index in [1.54, 1.807) is 0 Å². The summed E-state index contributed by atoms with van der Waals surface area (Å²) in [5, 5.41) is -1.04. The third kappa shape index (κ3) is 2.10. The Kier molecular flexibility index (Phi) is 3.33. The lowest BCUT2D eigenvalue weighted by molar-refractivity contribution is 0.506. The van der Waals surface area contributed by atoms with Crippen LogP contribution in [0.2, 0.25) is 0 Å². The van der Waals surface area contributed by atoms with Crippen LogP contribution in [0.25, 0.3) is 21.8 Å². The molecule has 2 N–H and O–H groups in total. The number of nitrogens with one attached hydrogen (secondary N) is 2. The van der Waals surface area contributed by atoms with Crippen LogP contribution in [-0.2, 0) is 6.54 Å². The predicted octanol–water partition coefficient (Wildman–Crippen LogP) is 0.656. The van der Waals surface area contributed by atoms with Crippen molar-refractivity contribution in [3.63, 3.8) is 0 Å². The molecule has 0 spiro atoms. The van der Waals surface area contributed by atoms with E-state index in [0.717, 1.165) is 12.1 Å². The summed E-state index contributed by atoms with van der Waals surface area (Å²) < 4.78 is 27.1. The molecule has 2 aromatic carbocycles. The lowest BCUT2D eigenvalue weighted by Gasteiger charge is -2.01. The molecule has 130 valence electrons. The number of hydrogen-bond acceptors (Lipinski definition) is 4.